The van der Waals surface area contributed by atoms with E-state index in [1.807, 2.05) is 0 Å². The number of hydrogen-bond donors (Lipinski definition) is 2. The Balaban J connectivity index is 1.66. The summed E-state index contributed by atoms with van der Waals surface area (Å²) < 4.78 is 27.6. The van der Waals surface area contributed by atoms with E-state index >= 15 is 0 Å². The molecule has 0 saturated carbocycles. The molecule has 0 radical (unpaired) electrons. The maximum absolute atomic E-state index is 13.8. The van der Waals surface area contributed by atoms with Crippen LogP contribution in [0.5, 0.6) is 0 Å². The van der Waals surface area contributed by atoms with Gasteiger partial charge in [0, 0.05) is 32.0 Å². The largest absolute Gasteiger partial charge is 0.343 e. The molecule has 2 aromatic rings. The molecule has 2 heterocycles. The number of hydrogen-bond acceptors (Lipinski definition) is 3. The second kappa shape index (κ2) is 7.00. The van der Waals surface area contributed by atoms with Gasteiger partial charge in [-0.3, -0.25) is 14.7 Å². The maximum atomic E-state index is 13.8. The van der Waals surface area contributed by atoms with E-state index in [4.69, 9.17) is 0 Å². The van der Waals surface area contributed by atoms with Crippen LogP contribution in [0.3, 0.4) is 0 Å². The monoisotopic (exact) mass is 348 g/mol. The average molecular weight is 348 g/mol. The van der Waals surface area contributed by atoms with Crippen LogP contribution < -0.4 is 5.32 Å². The molecule has 1 aromatic carbocycles. The zero-order valence-electron chi connectivity index (χ0n) is 13.7. The topological polar surface area (TPSA) is 78.1 Å². The van der Waals surface area contributed by atoms with Crippen LogP contribution >= 0.6 is 0 Å². The fourth-order valence-electron chi connectivity index (χ4n) is 2.95. The van der Waals surface area contributed by atoms with Gasteiger partial charge in [-0.2, -0.15) is 5.10 Å². The molecule has 2 N–H and O–H groups in total. The second-order valence-electron chi connectivity index (χ2n) is 6.03. The lowest BCUT2D eigenvalue weighted by Gasteiger charge is -2.30. The molecule has 2 amide bonds. The van der Waals surface area contributed by atoms with Gasteiger partial charge in [0.2, 0.25) is 11.8 Å². The van der Waals surface area contributed by atoms with Crippen LogP contribution in [0.25, 0.3) is 11.3 Å². The number of carbonyl (C=O) groups is 2. The van der Waals surface area contributed by atoms with Crippen LogP contribution in [0.15, 0.2) is 24.3 Å². The van der Waals surface area contributed by atoms with E-state index in [1.165, 1.54) is 19.1 Å². The van der Waals surface area contributed by atoms with Gasteiger partial charge < -0.3 is 10.2 Å². The predicted molar refractivity (Wildman–Crippen MR) is 87.5 cm³/mol. The highest BCUT2D eigenvalue weighted by Crippen LogP contribution is 2.26. The third-order valence-corrected chi connectivity index (χ3v) is 4.37. The van der Waals surface area contributed by atoms with Gasteiger partial charge in [-0.1, -0.05) is 6.07 Å². The Morgan fingerprint density at radius 2 is 1.88 bits per heavy atom. The number of nitrogens with zero attached hydrogens (tertiary/aromatic N) is 2. The molecule has 1 aliphatic rings. The van der Waals surface area contributed by atoms with E-state index in [9.17, 15) is 18.4 Å². The molecular weight excluding hydrogens is 330 g/mol. The molecule has 132 valence electrons. The van der Waals surface area contributed by atoms with E-state index in [1.54, 1.807) is 4.90 Å². The minimum absolute atomic E-state index is 0.00251. The molecular formula is C17H18F2N4O2. The number of likely N-dealkylation sites (tertiary alicyclic amines) is 1. The first kappa shape index (κ1) is 17.1. The third-order valence-electron chi connectivity index (χ3n) is 4.37. The van der Waals surface area contributed by atoms with E-state index in [0.717, 1.165) is 12.1 Å². The Hall–Kier alpha value is -2.77. The number of piperidine rings is 1. The summed E-state index contributed by atoms with van der Waals surface area (Å²) in [5, 5.41) is 9.09. The van der Waals surface area contributed by atoms with Crippen molar-refractivity contribution in [2.75, 3.05) is 18.4 Å². The Kier molecular flexibility index (Phi) is 4.78. The molecule has 6 nitrogen and oxygen atoms in total. The first-order valence-corrected chi connectivity index (χ1v) is 8.02. The van der Waals surface area contributed by atoms with Gasteiger partial charge in [-0.25, -0.2) is 8.78 Å². The highest BCUT2D eigenvalue weighted by molar-refractivity contribution is 5.92. The molecule has 8 heteroatoms. The summed E-state index contributed by atoms with van der Waals surface area (Å²) in [6.45, 7) is 2.59. The van der Waals surface area contributed by atoms with Gasteiger partial charge in [-0.15, -0.1) is 0 Å². The van der Waals surface area contributed by atoms with Crippen molar-refractivity contribution in [3.05, 3.63) is 35.9 Å². The average Bonchev–Trinajstić information content (AvgIpc) is 3.02. The molecule has 1 aliphatic heterocycles. The van der Waals surface area contributed by atoms with Gasteiger partial charge in [-0.05, 0) is 25.0 Å². The first-order chi connectivity index (χ1) is 12.0. The van der Waals surface area contributed by atoms with Crippen molar-refractivity contribution in [3.63, 3.8) is 0 Å². The number of aromatic nitrogens is 2. The summed E-state index contributed by atoms with van der Waals surface area (Å²) >= 11 is 0. The zero-order chi connectivity index (χ0) is 18.0. The second-order valence-corrected chi connectivity index (χ2v) is 6.03. The van der Waals surface area contributed by atoms with Crippen LogP contribution in [-0.2, 0) is 9.59 Å². The van der Waals surface area contributed by atoms with Gasteiger partial charge in [0.15, 0.2) is 5.82 Å². The van der Waals surface area contributed by atoms with Crippen LogP contribution in [-0.4, -0.2) is 40.0 Å². The van der Waals surface area contributed by atoms with Crippen molar-refractivity contribution in [1.82, 2.24) is 15.1 Å². The molecule has 3 rings (SSSR count). The summed E-state index contributed by atoms with van der Waals surface area (Å²) in [5.74, 6) is -1.65. The van der Waals surface area contributed by atoms with Crippen LogP contribution in [0.4, 0.5) is 14.6 Å². The van der Waals surface area contributed by atoms with Crippen LogP contribution in [0.1, 0.15) is 19.8 Å². The lowest BCUT2D eigenvalue weighted by Crippen LogP contribution is -2.40. The first-order valence-electron chi connectivity index (χ1n) is 8.02. The van der Waals surface area contributed by atoms with Crippen molar-refractivity contribution in [1.29, 1.82) is 0 Å². The quantitative estimate of drug-likeness (QED) is 0.895. The molecule has 0 unspecified atom stereocenters. The molecule has 1 saturated heterocycles. The molecule has 0 aliphatic carbocycles. The molecule has 0 spiro atoms. The fourth-order valence-corrected chi connectivity index (χ4v) is 2.95. The maximum Gasteiger partial charge on any atom is 0.228 e. The van der Waals surface area contributed by atoms with Crippen molar-refractivity contribution < 1.29 is 18.4 Å². The number of aromatic amines is 1. The third kappa shape index (κ3) is 3.67. The highest BCUT2D eigenvalue weighted by atomic mass is 19.1. The van der Waals surface area contributed by atoms with Crippen LogP contribution in [0.2, 0.25) is 0 Å². The zero-order valence-corrected chi connectivity index (χ0v) is 13.7. The Labute approximate surface area is 143 Å². The van der Waals surface area contributed by atoms with E-state index in [2.05, 4.69) is 15.5 Å². The minimum atomic E-state index is -0.710. The molecule has 1 fully saturated rings. The minimum Gasteiger partial charge on any atom is -0.343 e. The Bertz CT molecular complexity index is 777. The summed E-state index contributed by atoms with van der Waals surface area (Å²) in [7, 11) is 0. The summed E-state index contributed by atoms with van der Waals surface area (Å²) in [4.78, 5) is 25.3. The number of benzene rings is 1. The smallest absolute Gasteiger partial charge is 0.228 e. The normalized spacial score (nSPS) is 15.2. The number of anilines is 1. The van der Waals surface area contributed by atoms with Crippen molar-refractivity contribution in [2.45, 2.75) is 19.8 Å². The lowest BCUT2D eigenvalue weighted by molar-refractivity contribution is -0.132. The number of halogens is 2. The number of carbonyl (C=O) groups excluding carboxylic acids is 2. The van der Waals surface area contributed by atoms with Gasteiger partial charge in [0.05, 0.1) is 11.3 Å². The van der Waals surface area contributed by atoms with Crippen molar-refractivity contribution in [3.8, 4) is 11.3 Å². The molecule has 0 bridgehead atoms. The number of H-pyrrole nitrogens is 1. The number of amides is 2. The van der Waals surface area contributed by atoms with Gasteiger partial charge in [0.25, 0.3) is 0 Å². The summed E-state index contributed by atoms with van der Waals surface area (Å²) in [6, 6.07) is 4.98. The molecule has 0 atom stereocenters. The summed E-state index contributed by atoms with van der Waals surface area (Å²) in [5.41, 5.74) is -0.0671. The molecule has 1 aromatic heterocycles. The lowest BCUT2D eigenvalue weighted by atomic mass is 9.96. The van der Waals surface area contributed by atoms with E-state index < -0.39 is 11.6 Å². The van der Waals surface area contributed by atoms with E-state index in [0.29, 0.717) is 25.9 Å². The fraction of sp³-hybridized carbons (Fsp3) is 0.353. The number of nitrogens with one attached hydrogen (secondary N) is 2. The van der Waals surface area contributed by atoms with Gasteiger partial charge in [0.1, 0.15) is 11.6 Å². The van der Waals surface area contributed by atoms with Crippen molar-refractivity contribution in [2.24, 2.45) is 5.92 Å². The van der Waals surface area contributed by atoms with E-state index in [-0.39, 0.29) is 34.8 Å². The van der Waals surface area contributed by atoms with Gasteiger partial charge >= 0.3 is 0 Å². The summed E-state index contributed by atoms with van der Waals surface area (Å²) in [6.07, 6.45) is 1.15. The Morgan fingerprint density at radius 1 is 1.24 bits per heavy atom. The SMILES string of the molecule is CC(=O)N1CCC(C(=O)Nc2cc(-c3c(F)cccc3F)[nH]n2)CC1. The van der Waals surface area contributed by atoms with Crippen molar-refractivity contribution >= 4 is 17.6 Å². The number of rotatable bonds is 3. The standard InChI is InChI=1S/C17H18F2N4O2/c1-10(24)23-7-5-11(6-8-23)17(25)20-15-9-14(21-22-15)16-12(18)3-2-4-13(16)19/h2-4,9,11H,5-8H2,1H3,(H2,20,21,22,25). The highest BCUT2D eigenvalue weighted by Gasteiger charge is 2.26. The van der Waals surface area contributed by atoms with Crippen LogP contribution in [0, 0.1) is 17.6 Å². The predicted octanol–water partition coefficient (Wildman–Crippen LogP) is 2.55. The molecule has 25 heavy (non-hydrogen) atoms. The Morgan fingerprint density at radius 3 is 2.48 bits per heavy atom.